The number of fused-ring (bicyclic) bond motifs is 1. The average molecular weight is 261 g/mol. The summed E-state index contributed by atoms with van der Waals surface area (Å²) in [5.41, 5.74) is 2.31. The zero-order chi connectivity index (χ0) is 13.9. The second kappa shape index (κ2) is 4.90. The maximum absolute atomic E-state index is 12.4. The molecule has 3 rings (SSSR count). The van der Waals surface area contributed by atoms with Gasteiger partial charge >= 0.3 is 0 Å². The van der Waals surface area contributed by atoms with Crippen LogP contribution in [0.25, 0.3) is 10.9 Å². The first-order chi connectivity index (χ1) is 9.79. The van der Waals surface area contributed by atoms with Crippen LogP contribution >= 0.6 is 0 Å². The second-order valence-corrected chi connectivity index (χ2v) is 4.36. The van der Waals surface area contributed by atoms with Crippen LogP contribution in [0, 0.1) is 11.3 Å². The van der Waals surface area contributed by atoms with Crippen LogP contribution in [0.15, 0.2) is 54.7 Å². The van der Waals surface area contributed by atoms with E-state index in [2.05, 4.69) is 16.4 Å². The second-order valence-electron chi connectivity index (χ2n) is 4.36. The van der Waals surface area contributed by atoms with E-state index in [1.165, 1.54) is 0 Å². The van der Waals surface area contributed by atoms with Crippen molar-refractivity contribution < 1.29 is 4.79 Å². The number of anilines is 1. The number of carbonyl (C=O) groups excluding carboxylic acids is 1. The smallest absolute Gasteiger partial charge is 0.257 e. The summed E-state index contributed by atoms with van der Waals surface area (Å²) < 4.78 is 0. The molecule has 1 aromatic heterocycles. The predicted octanol–water partition coefficient (Wildman–Crippen LogP) is 3.29. The number of para-hydroxylation sites is 2. The Morgan fingerprint density at radius 3 is 2.80 bits per heavy atom. The summed E-state index contributed by atoms with van der Waals surface area (Å²) in [5.74, 6) is -0.235. The van der Waals surface area contributed by atoms with Crippen molar-refractivity contribution in [3.63, 3.8) is 0 Å². The van der Waals surface area contributed by atoms with E-state index in [-0.39, 0.29) is 5.91 Å². The van der Waals surface area contributed by atoms with E-state index in [0.29, 0.717) is 16.8 Å². The summed E-state index contributed by atoms with van der Waals surface area (Å²) in [6, 6.07) is 16.4. The first kappa shape index (κ1) is 12.0. The average Bonchev–Trinajstić information content (AvgIpc) is 2.96. The van der Waals surface area contributed by atoms with Crippen molar-refractivity contribution in [2.45, 2.75) is 0 Å². The number of carbonyl (C=O) groups is 1. The highest BCUT2D eigenvalue weighted by atomic mass is 16.1. The minimum Gasteiger partial charge on any atom is -0.361 e. The molecule has 0 spiro atoms. The highest BCUT2D eigenvalue weighted by Crippen LogP contribution is 2.20. The molecule has 20 heavy (non-hydrogen) atoms. The van der Waals surface area contributed by atoms with E-state index in [1.54, 1.807) is 36.5 Å². The first-order valence-electron chi connectivity index (χ1n) is 6.16. The molecule has 3 aromatic rings. The molecule has 0 bridgehead atoms. The Labute approximate surface area is 115 Å². The summed E-state index contributed by atoms with van der Waals surface area (Å²) in [6.07, 6.45) is 1.80. The van der Waals surface area contributed by atoms with Gasteiger partial charge in [0, 0.05) is 11.6 Å². The Balaban J connectivity index is 1.98. The number of nitriles is 1. The van der Waals surface area contributed by atoms with E-state index in [4.69, 9.17) is 5.26 Å². The van der Waals surface area contributed by atoms with Crippen LogP contribution in [-0.4, -0.2) is 10.9 Å². The van der Waals surface area contributed by atoms with Gasteiger partial charge in [-0.2, -0.15) is 5.26 Å². The number of amides is 1. The molecule has 1 amide bonds. The molecule has 0 atom stereocenters. The van der Waals surface area contributed by atoms with Gasteiger partial charge < -0.3 is 10.3 Å². The maximum Gasteiger partial charge on any atom is 0.257 e. The minimum absolute atomic E-state index is 0.235. The van der Waals surface area contributed by atoms with Crippen molar-refractivity contribution in [1.29, 1.82) is 5.26 Å². The summed E-state index contributed by atoms with van der Waals surface area (Å²) >= 11 is 0. The van der Waals surface area contributed by atoms with E-state index in [9.17, 15) is 4.79 Å². The number of hydrogen-bond donors (Lipinski definition) is 2. The largest absolute Gasteiger partial charge is 0.361 e. The van der Waals surface area contributed by atoms with Gasteiger partial charge in [0.15, 0.2) is 0 Å². The molecule has 4 heteroatoms. The molecule has 0 radical (unpaired) electrons. The molecular formula is C16H11N3O. The Hall–Kier alpha value is -3.06. The van der Waals surface area contributed by atoms with Gasteiger partial charge in [0.05, 0.1) is 22.3 Å². The van der Waals surface area contributed by atoms with Crippen LogP contribution in [0.4, 0.5) is 5.69 Å². The van der Waals surface area contributed by atoms with Crippen molar-refractivity contribution in [1.82, 2.24) is 4.98 Å². The fourth-order valence-corrected chi connectivity index (χ4v) is 2.15. The quantitative estimate of drug-likeness (QED) is 0.743. The van der Waals surface area contributed by atoms with E-state index in [1.807, 2.05) is 18.2 Å². The molecule has 2 N–H and O–H groups in total. The molecule has 0 unspecified atom stereocenters. The van der Waals surface area contributed by atoms with Crippen LogP contribution in [0.3, 0.4) is 0 Å². The SMILES string of the molecule is N#Cc1ccccc1NC(=O)c1cccc2cc[nH]c12. The van der Waals surface area contributed by atoms with E-state index in [0.717, 1.165) is 10.9 Å². The van der Waals surface area contributed by atoms with Gasteiger partial charge in [0.1, 0.15) is 6.07 Å². The lowest BCUT2D eigenvalue weighted by atomic mass is 10.1. The molecule has 0 saturated heterocycles. The zero-order valence-corrected chi connectivity index (χ0v) is 10.6. The van der Waals surface area contributed by atoms with Gasteiger partial charge in [-0.3, -0.25) is 4.79 Å². The fourth-order valence-electron chi connectivity index (χ4n) is 2.15. The Morgan fingerprint density at radius 2 is 1.95 bits per heavy atom. The van der Waals surface area contributed by atoms with Gasteiger partial charge in [0.25, 0.3) is 5.91 Å². The molecule has 0 aliphatic rings. The number of hydrogen-bond acceptors (Lipinski definition) is 2. The number of benzene rings is 2. The third-order valence-corrected chi connectivity index (χ3v) is 3.13. The number of aromatic nitrogens is 1. The monoisotopic (exact) mass is 261 g/mol. The van der Waals surface area contributed by atoms with Gasteiger partial charge in [-0.05, 0) is 24.3 Å². The summed E-state index contributed by atoms with van der Waals surface area (Å²) in [4.78, 5) is 15.4. The zero-order valence-electron chi connectivity index (χ0n) is 10.6. The van der Waals surface area contributed by atoms with Crippen LogP contribution < -0.4 is 5.32 Å². The molecule has 4 nitrogen and oxygen atoms in total. The van der Waals surface area contributed by atoms with Crippen molar-refractivity contribution in [2.75, 3.05) is 5.32 Å². The molecule has 96 valence electrons. The van der Waals surface area contributed by atoms with Crippen molar-refractivity contribution >= 4 is 22.5 Å². The van der Waals surface area contributed by atoms with E-state index < -0.39 is 0 Å². The topological polar surface area (TPSA) is 68.7 Å². The lowest BCUT2D eigenvalue weighted by molar-refractivity contribution is 0.102. The van der Waals surface area contributed by atoms with E-state index >= 15 is 0 Å². The van der Waals surface area contributed by atoms with Crippen LogP contribution in [0.1, 0.15) is 15.9 Å². The van der Waals surface area contributed by atoms with Crippen molar-refractivity contribution in [2.24, 2.45) is 0 Å². The fraction of sp³-hybridized carbons (Fsp3) is 0. The lowest BCUT2D eigenvalue weighted by Gasteiger charge is -2.07. The Kier molecular flexibility index (Phi) is 2.94. The van der Waals surface area contributed by atoms with Gasteiger partial charge in [-0.1, -0.05) is 24.3 Å². The number of aromatic amines is 1. The molecular weight excluding hydrogens is 250 g/mol. The molecule has 0 aliphatic carbocycles. The summed E-state index contributed by atoms with van der Waals surface area (Å²) in [7, 11) is 0. The third-order valence-electron chi connectivity index (χ3n) is 3.13. The highest BCUT2D eigenvalue weighted by molar-refractivity contribution is 6.12. The highest BCUT2D eigenvalue weighted by Gasteiger charge is 2.12. The Morgan fingerprint density at radius 1 is 1.10 bits per heavy atom. The predicted molar refractivity (Wildman–Crippen MR) is 77.4 cm³/mol. The molecule has 0 aliphatic heterocycles. The van der Waals surface area contributed by atoms with Gasteiger partial charge in [-0.25, -0.2) is 0 Å². The van der Waals surface area contributed by atoms with Crippen LogP contribution in [0.5, 0.6) is 0 Å². The summed E-state index contributed by atoms with van der Waals surface area (Å²) in [6.45, 7) is 0. The van der Waals surface area contributed by atoms with Gasteiger partial charge in [0.2, 0.25) is 0 Å². The third kappa shape index (κ3) is 2.02. The molecule has 1 heterocycles. The molecule has 0 fully saturated rings. The molecule has 2 aromatic carbocycles. The van der Waals surface area contributed by atoms with Crippen molar-refractivity contribution in [3.8, 4) is 6.07 Å². The van der Waals surface area contributed by atoms with Gasteiger partial charge in [-0.15, -0.1) is 0 Å². The summed E-state index contributed by atoms with van der Waals surface area (Å²) in [5, 5.41) is 12.8. The number of rotatable bonds is 2. The molecule has 0 saturated carbocycles. The minimum atomic E-state index is -0.235. The normalized spacial score (nSPS) is 10.2. The lowest BCUT2D eigenvalue weighted by Crippen LogP contribution is -2.13. The van der Waals surface area contributed by atoms with Crippen molar-refractivity contribution in [3.05, 3.63) is 65.9 Å². The standard InChI is InChI=1S/C16H11N3O/c17-10-12-4-1-2-7-14(12)19-16(20)13-6-3-5-11-8-9-18-15(11)13/h1-9,18H,(H,19,20). The maximum atomic E-state index is 12.4. The number of nitrogens with one attached hydrogen (secondary N) is 2. The Bertz CT molecular complexity index is 827. The number of nitrogens with zero attached hydrogens (tertiary/aromatic N) is 1. The first-order valence-corrected chi connectivity index (χ1v) is 6.16. The van der Waals surface area contributed by atoms with Crippen LogP contribution in [0.2, 0.25) is 0 Å². The van der Waals surface area contributed by atoms with Crippen LogP contribution in [-0.2, 0) is 0 Å². The number of H-pyrrole nitrogens is 1.